The number of carbonyl (C=O) groups excluding carboxylic acids is 3. The van der Waals surface area contributed by atoms with E-state index >= 15 is 0 Å². The molecule has 1 atom stereocenters. The molecule has 8 nitrogen and oxygen atoms in total. The fourth-order valence-electron chi connectivity index (χ4n) is 3.74. The Morgan fingerprint density at radius 1 is 1.28 bits per heavy atom. The third-order valence-corrected chi connectivity index (χ3v) is 5.93. The molecule has 9 heteroatoms. The quantitative estimate of drug-likeness (QED) is 0.600. The molecule has 1 aromatic heterocycles. The molecular formula is C20H23N5O3S. The number of H-pyrrole nitrogens is 1. The predicted molar refractivity (Wildman–Crippen MR) is 113 cm³/mol. The number of thioether (sulfide) groups is 1. The summed E-state index contributed by atoms with van der Waals surface area (Å²) in [6.07, 6.45) is 6.40. The number of anilines is 2. The number of amides is 3. The van der Waals surface area contributed by atoms with Crippen LogP contribution < -0.4 is 16.0 Å². The molecule has 1 aliphatic carbocycles. The van der Waals surface area contributed by atoms with Gasteiger partial charge < -0.3 is 16.0 Å². The molecular weight excluding hydrogens is 390 g/mol. The van der Waals surface area contributed by atoms with Gasteiger partial charge in [-0.25, -0.2) is 0 Å². The first-order valence-corrected chi connectivity index (χ1v) is 11.1. The highest BCUT2D eigenvalue weighted by Crippen LogP contribution is 2.26. The number of benzene rings is 1. The molecule has 2 heterocycles. The molecule has 0 spiro atoms. The molecule has 1 aromatic carbocycles. The lowest BCUT2D eigenvalue weighted by Crippen LogP contribution is -2.41. The van der Waals surface area contributed by atoms with E-state index in [9.17, 15) is 14.4 Å². The molecule has 0 saturated carbocycles. The van der Waals surface area contributed by atoms with Crippen LogP contribution in [0.5, 0.6) is 0 Å². The van der Waals surface area contributed by atoms with E-state index < -0.39 is 6.04 Å². The number of aromatic nitrogens is 2. The number of nitrogens with zero attached hydrogens (tertiary/aromatic N) is 1. The maximum absolute atomic E-state index is 12.7. The molecule has 29 heavy (non-hydrogen) atoms. The van der Waals surface area contributed by atoms with E-state index in [1.165, 1.54) is 0 Å². The SMILES string of the molecule is CSCC[C@H]1NC(=O)c2cc(NC(=O)c3n[nH]c4c3CCCC4)ccc2NC1=O. The van der Waals surface area contributed by atoms with Gasteiger partial charge in [0.1, 0.15) is 6.04 Å². The minimum Gasteiger partial charge on any atom is -0.340 e. The second kappa shape index (κ2) is 8.28. The van der Waals surface area contributed by atoms with Gasteiger partial charge in [-0.15, -0.1) is 0 Å². The van der Waals surface area contributed by atoms with E-state index in [1.807, 2.05) is 6.26 Å². The summed E-state index contributed by atoms with van der Waals surface area (Å²) in [5.74, 6) is -0.103. The van der Waals surface area contributed by atoms with E-state index in [2.05, 4.69) is 26.1 Å². The Bertz CT molecular complexity index is 971. The first kappa shape index (κ1) is 19.5. The molecule has 3 amide bonds. The topological polar surface area (TPSA) is 116 Å². The number of carbonyl (C=O) groups is 3. The minimum atomic E-state index is -0.573. The molecule has 0 bridgehead atoms. The fourth-order valence-corrected chi connectivity index (χ4v) is 4.21. The van der Waals surface area contributed by atoms with Gasteiger partial charge in [-0.2, -0.15) is 16.9 Å². The standard InChI is InChI=1S/C20H23N5O3S/c1-29-9-8-16-19(27)22-14-7-6-11(10-13(14)18(26)23-16)21-20(28)17-12-4-2-3-5-15(12)24-25-17/h6-7,10,16H,2-5,8-9H2,1H3,(H,21,28)(H,22,27)(H,23,26)(H,24,25)/t16-/m1/s1. The van der Waals surface area contributed by atoms with Gasteiger partial charge >= 0.3 is 0 Å². The van der Waals surface area contributed by atoms with Crippen LogP contribution in [0.4, 0.5) is 11.4 Å². The molecule has 2 aliphatic rings. The van der Waals surface area contributed by atoms with Crippen molar-refractivity contribution < 1.29 is 14.4 Å². The molecule has 0 radical (unpaired) electrons. The zero-order valence-corrected chi connectivity index (χ0v) is 16.9. The van der Waals surface area contributed by atoms with Gasteiger partial charge in [0.05, 0.1) is 11.3 Å². The van der Waals surface area contributed by atoms with Gasteiger partial charge in [-0.1, -0.05) is 0 Å². The average Bonchev–Trinajstić information content (AvgIpc) is 3.11. The fraction of sp³-hybridized carbons (Fsp3) is 0.400. The molecule has 2 aromatic rings. The van der Waals surface area contributed by atoms with Gasteiger partial charge in [0.25, 0.3) is 11.8 Å². The van der Waals surface area contributed by atoms with E-state index in [4.69, 9.17) is 0 Å². The van der Waals surface area contributed by atoms with Crippen LogP contribution in [0.1, 0.15) is 51.4 Å². The van der Waals surface area contributed by atoms with Crippen LogP contribution in [0.25, 0.3) is 0 Å². The molecule has 0 saturated heterocycles. The second-order valence-corrected chi connectivity index (χ2v) is 8.23. The van der Waals surface area contributed by atoms with Crippen LogP contribution in [0.3, 0.4) is 0 Å². The van der Waals surface area contributed by atoms with Crippen molar-refractivity contribution in [3.8, 4) is 0 Å². The van der Waals surface area contributed by atoms with Gasteiger partial charge in [0.15, 0.2) is 5.69 Å². The Hall–Kier alpha value is -2.81. The zero-order chi connectivity index (χ0) is 20.4. The first-order chi connectivity index (χ1) is 14.1. The van der Waals surface area contributed by atoms with E-state index in [0.29, 0.717) is 29.1 Å². The molecule has 4 rings (SSSR count). The Balaban J connectivity index is 1.53. The zero-order valence-electron chi connectivity index (χ0n) is 16.1. The highest BCUT2D eigenvalue weighted by molar-refractivity contribution is 7.98. The number of fused-ring (bicyclic) bond motifs is 2. The third kappa shape index (κ3) is 4.00. The summed E-state index contributed by atoms with van der Waals surface area (Å²) in [5.41, 5.74) is 3.66. The van der Waals surface area contributed by atoms with Crippen molar-refractivity contribution in [3.05, 3.63) is 40.7 Å². The molecule has 4 N–H and O–H groups in total. The van der Waals surface area contributed by atoms with Crippen molar-refractivity contribution in [2.75, 3.05) is 22.6 Å². The van der Waals surface area contributed by atoms with Crippen molar-refractivity contribution in [1.29, 1.82) is 0 Å². The van der Waals surface area contributed by atoms with Crippen LogP contribution in [-0.2, 0) is 17.6 Å². The largest absolute Gasteiger partial charge is 0.340 e. The normalized spacial score (nSPS) is 18.2. The summed E-state index contributed by atoms with van der Waals surface area (Å²) in [5, 5.41) is 15.5. The summed E-state index contributed by atoms with van der Waals surface area (Å²) in [6.45, 7) is 0. The van der Waals surface area contributed by atoms with Crippen LogP contribution in [0.15, 0.2) is 18.2 Å². The Kier molecular flexibility index (Phi) is 5.57. The first-order valence-electron chi connectivity index (χ1n) is 9.69. The van der Waals surface area contributed by atoms with Crippen LogP contribution in [-0.4, -0.2) is 46.0 Å². The predicted octanol–water partition coefficient (Wildman–Crippen LogP) is 2.34. The monoisotopic (exact) mass is 413 g/mol. The van der Waals surface area contributed by atoms with E-state index in [-0.39, 0.29) is 17.7 Å². The number of aryl methyl sites for hydroxylation is 1. The smallest absolute Gasteiger partial charge is 0.276 e. The highest BCUT2D eigenvalue weighted by atomic mass is 32.2. The summed E-state index contributed by atoms with van der Waals surface area (Å²) in [6, 6.07) is 4.32. The Morgan fingerprint density at radius 2 is 2.10 bits per heavy atom. The highest BCUT2D eigenvalue weighted by Gasteiger charge is 2.28. The van der Waals surface area contributed by atoms with Crippen LogP contribution in [0, 0.1) is 0 Å². The van der Waals surface area contributed by atoms with E-state index in [0.717, 1.165) is 42.7 Å². The summed E-state index contributed by atoms with van der Waals surface area (Å²) < 4.78 is 0. The lowest BCUT2D eigenvalue weighted by atomic mass is 9.96. The van der Waals surface area contributed by atoms with Gasteiger partial charge in [0, 0.05) is 16.9 Å². The summed E-state index contributed by atoms with van der Waals surface area (Å²) >= 11 is 1.62. The lowest BCUT2D eigenvalue weighted by molar-refractivity contribution is -0.117. The third-order valence-electron chi connectivity index (χ3n) is 5.28. The average molecular weight is 414 g/mol. The van der Waals surface area contributed by atoms with Crippen molar-refractivity contribution >= 4 is 40.9 Å². The summed E-state index contributed by atoms with van der Waals surface area (Å²) in [7, 11) is 0. The van der Waals surface area contributed by atoms with E-state index in [1.54, 1.807) is 30.0 Å². The number of hydrogen-bond acceptors (Lipinski definition) is 5. The van der Waals surface area contributed by atoms with Gasteiger partial charge in [-0.05, 0) is 62.3 Å². The number of aromatic amines is 1. The van der Waals surface area contributed by atoms with Crippen molar-refractivity contribution in [1.82, 2.24) is 15.5 Å². The Labute approximate surface area is 172 Å². The molecule has 152 valence electrons. The van der Waals surface area contributed by atoms with Crippen molar-refractivity contribution in [2.45, 2.75) is 38.1 Å². The number of rotatable bonds is 5. The Morgan fingerprint density at radius 3 is 2.93 bits per heavy atom. The number of nitrogens with one attached hydrogen (secondary N) is 4. The summed E-state index contributed by atoms with van der Waals surface area (Å²) in [4.78, 5) is 37.7. The van der Waals surface area contributed by atoms with Gasteiger partial charge in [0.2, 0.25) is 5.91 Å². The maximum atomic E-state index is 12.7. The maximum Gasteiger partial charge on any atom is 0.276 e. The van der Waals surface area contributed by atoms with Gasteiger partial charge in [-0.3, -0.25) is 19.5 Å². The second-order valence-electron chi connectivity index (χ2n) is 7.25. The number of hydrogen-bond donors (Lipinski definition) is 4. The molecule has 0 unspecified atom stereocenters. The van der Waals surface area contributed by atoms with Crippen molar-refractivity contribution in [2.24, 2.45) is 0 Å². The van der Waals surface area contributed by atoms with Crippen molar-refractivity contribution in [3.63, 3.8) is 0 Å². The minimum absolute atomic E-state index is 0.230. The molecule has 1 aliphatic heterocycles. The van der Waals surface area contributed by atoms with Crippen LogP contribution >= 0.6 is 11.8 Å². The van der Waals surface area contributed by atoms with Crippen LogP contribution in [0.2, 0.25) is 0 Å². The lowest BCUT2D eigenvalue weighted by Gasteiger charge is -2.13. The molecule has 0 fully saturated rings.